The number of rotatable bonds is 6. The van der Waals surface area contributed by atoms with Crippen molar-refractivity contribution in [2.24, 2.45) is 0 Å². The van der Waals surface area contributed by atoms with Gasteiger partial charge in [-0.2, -0.15) is 5.10 Å². The quantitative estimate of drug-likeness (QED) is 0.886. The number of carboxylic acids is 1. The Bertz CT molecular complexity index is 613. The minimum Gasteiger partial charge on any atom is -0.485 e. The maximum absolute atomic E-state index is 11.1. The molecule has 0 atom stereocenters. The number of aromatic nitrogens is 3. The minimum absolute atomic E-state index is 0.0269. The van der Waals surface area contributed by atoms with Crippen molar-refractivity contribution in [2.75, 3.05) is 0 Å². The molecule has 0 bridgehead atoms. The number of carboxylic acid groups (broad SMARTS) is 1. The van der Waals surface area contributed by atoms with Gasteiger partial charge in [-0.05, 0) is 24.6 Å². The van der Waals surface area contributed by atoms with Gasteiger partial charge in [0.1, 0.15) is 24.2 Å². The van der Waals surface area contributed by atoms with Crippen molar-refractivity contribution in [1.82, 2.24) is 14.8 Å². The first-order valence-electron chi connectivity index (χ1n) is 6.14. The Morgan fingerprint density at radius 3 is 3.00 bits per heavy atom. The maximum atomic E-state index is 11.1. The van der Waals surface area contributed by atoms with Crippen molar-refractivity contribution in [3.8, 4) is 5.75 Å². The second-order valence-corrected chi connectivity index (χ2v) is 4.57. The van der Waals surface area contributed by atoms with Gasteiger partial charge >= 0.3 is 5.97 Å². The molecule has 20 heavy (non-hydrogen) atoms. The van der Waals surface area contributed by atoms with Crippen LogP contribution >= 0.6 is 11.6 Å². The van der Waals surface area contributed by atoms with E-state index in [9.17, 15) is 4.79 Å². The Labute approximate surface area is 121 Å². The summed E-state index contributed by atoms with van der Waals surface area (Å²) in [5, 5.41) is 13.5. The summed E-state index contributed by atoms with van der Waals surface area (Å²) >= 11 is 5.78. The SMILES string of the molecule is CCCn1ncnc1COc1ccc(Cl)cc1C(=O)O. The molecule has 0 spiro atoms. The van der Waals surface area contributed by atoms with E-state index in [1.54, 1.807) is 10.7 Å². The lowest BCUT2D eigenvalue weighted by atomic mass is 10.2. The summed E-state index contributed by atoms with van der Waals surface area (Å²) in [7, 11) is 0. The Hall–Kier alpha value is -2.08. The van der Waals surface area contributed by atoms with Crippen molar-refractivity contribution in [2.45, 2.75) is 26.5 Å². The van der Waals surface area contributed by atoms with Gasteiger partial charge < -0.3 is 9.84 Å². The van der Waals surface area contributed by atoms with Crippen LogP contribution in [0.1, 0.15) is 29.5 Å². The predicted octanol–water partition coefficient (Wildman–Crippen LogP) is 2.62. The molecule has 0 fully saturated rings. The molecule has 0 aliphatic rings. The number of halogens is 1. The van der Waals surface area contributed by atoms with Gasteiger partial charge in [0, 0.05) is 11.6 Å². The van der Waals surface area contributed by atoms with Gasteiger partial charge in [0.05, 0.1) is 0 Å². The molecule has 1 aromatic heterocycles. The number of nitrogens with zero attached hydrogens (tertiary/aromatic N) is 3. The van der Waals surface area contributed by atoms with E-state index in [0.717, 1.165) is 13.0 Å². The highest BCUT2D eigenvalue weighted by atomic mass is 35.5. The van der Waals surface area contributed by atoms with Gasteiger partial charge in [0.25, 0.3) is 0 Å². The Morgan fingerprint density at radius 1 is 1.50 bits per heavy atom. The maximum Gasteiger partial charge on any atom is 0.339 e. The van der Waals surface area contributed by atoms with Gasteiger partial charge in [-0.1, -0.05) is 18.5 Å². The van der Waals surface area contributed by atoms with Crippen molar-refractivity contribution < 1.29 is 14.6 Å². The standard InChI is InChI=1S/C13H14ClN3O3/c1-2-5-17-12(15-8-16-17)7-20-11-4-3-9(14)6-10(11)13(18)19/h3-4,6,8H,2,5,7H2,1H3,(H,18,19). The van der Waals surface area contributed by atoms with E-state index in [0.29, 0.717) is 10.8 Å². The van der Waals surface area contributed by atoms with Gasteiger partial charge in [0.2, 0.25) is 0 Å². The number of hydrogen-bond donors (Lipinski definition) is 1. The van der Waals surface area contributed by atoms with Crippen LogP contribution in [0, 0.1) is 0 Å². The average molecular weight is 296 g/mol. The summed E-state index contributed by atoms with van der Waals surface area (Å²) in [5.41, 5.74) is 0.0269. The highest BCUT2D eigenvalue weighted by Gasteiger charge is 2.13. The van der Waals surface area contributed by atoms with Gasteiger partial charge in [-0.15, -0.1) is 0 Å². The highest BCUT2D eigenvalue weighted by Crippen LogP contribution is 2.23. The number of benzene rings is 1. The molecule has 0 aliphatic carbocycles. The molecule has 0 saturated heterocycles. The lowest BCUT2D eigenvalue weighted by Crippen LogP contribution is -2.10. The summed E-state index contributed by atoms with van der Waals surface area (Å²) in [4.78, 5) is 15.2. The minimum atomic E-state index is -1.09. The third-order valence-corrected chi connectivity index (χ3v) is 2.90. The molecule has 0 unspecified atom stereocenters. The summed E-state index contributed by atoms with van der Waals surface area (Å²) in [6.07, 6.45) is 2.38. The van der Waals surface area contributed by atoms with Crippen LogP contribution in [0.2, 0.25) is 5.02 Å². The average Bonchev–Trinajstić information content (AvgIpc) is 2.85. The van der Waals surface area contributed by atoms with Crippen molar-refractivity contribution in [1.29, 1.82) is 0 Å². The summed E-state index contributed by atoms with van der Waals surface area (Å²) in [6.45, 7) is 2.93. The fourth-order valence-corrected chi connectivity index (χ4v) is 1.91. The molecule has 7 heteroatoms. The Morgan fingerprint density at radius 2 is 2.30 bits per heavy atom. The second kappa shape index (κ2) is 6.38. The highest BCUT2D eigenvalue weighted by molar-refractivity contribution is 6.31. The van der Waals surface area contributed by atoms with Crippen LogP contribution in [-0.2, 0) is 13.2 Å². The first-order valence-corrected chi connectivity index (χ1v) is 6.52. The number of carbonyl (C=O) groups is 1. The summed E-state index contributed by atoms with van der Waals surface area (Å²) < 4.78 is 7.25. The lowest BCUT2D eigenvalue weighted by Gasteiger charge is -2.10. The van der Waals surface area contributed by atoms with E-state index >= 15 is 0 Å². The van der Waals surface area contributed by atoms with Crippen LogP contribution in [0.3, 0.4) is 0 Å². The zero-order valence-corrected chi connectivity index (χ0v) is 11.7. The van der Waals surface area contributed by atoms with Crippen LogP contribution in [0.25, 0.3) is 0 Å². The molecule has 0 aliphatic heterocycles. The van der Waals surface area contributed by atoms with E-state index in [1.165, 1.54) is 18.5 Å². The van der Waals surface area contributed by atoms with Crippen LogP contribution in [0.15, 0.2) is 24.5 Å². The molecule has 2 aromatic rings. The van der Waals surface area contributed by atoms with Gasteiger partial charge in [0.15, 0.2) is 5.82 Å². The van der Waals surface area contributed by atoms with E-state index < -0.39 is 5.97 Å². The monoisotopic (exact) mass is 295 g/mol. The first kappa shape index (κ1) is 14.3. The molecule has 0 amide bonds. The normalized spacial score (nSPS) is 10.5. The van der Waals surface area contributed by atoms with Crippen molar-refractivity contribution in [3.05, 3.63) is 40.9 Å². The topological polar surface area (TPSA) is 77.2 Å². The van der Waals surface area contributed by atoms with Crippen LogP contribution in [0.4, 0.5) is 0 Å². The Balaban J connectivity index is 2.14. The van der Waals surface area contributed by atoms with Crippen LogP contribution < -0.4 is 4.74 Å². The number of aromatic carboxylic acids is 1. The summed E-state index contributed by atoms with van der Waals surface area (Å²) in [6, 6.07) is 4.47. The number of hydrogen-bond acceptors (Lipinski definition) is 4. The zero-order valence-electron chi connectivity index (χ0n) is 10.9. The summed E-state index contributed by atoms with van der Waals surface area (Å²) in [5.74, 6) is -0.177. The second-order valence-electron chi connectivity index (χ2n) is 4.13. The molecule has 1 heterocycles. The van der Waals surface area contributed by atoms with Gasteiger partial charge in [-0.25, -0.2) is 14.5 Å². The Kier molecular flexibility index (Phi) is 4.57. The third kappa shape index (κ3) is 3.27. The van der Waals surface area contributed by atoms with Gasteiger partial charge in [-0.3, -0.25) is 0 Å². The molecule has 0 saturated carbocycles. The third-order valence-electron chi connectivity index (χ3n) is 2.66. The van der Waals surface area contributed by atoms with Crippen LogP contribution in [-0.4, -0.2) is 25.8 Å². The molecule has 106 valence electrons. The van der Waals surface area contributed by atoms with E-state index in [2.05, 4.69) is 10.1 Å². The smallest absolute Gasteiger partial charge is 0.339 e. The largest absolute Gasteiger partial charge is 0.485 e. The number of ether oxygens (including phenoxy) is 1. The van der Waals surface area contributed by atoms with Crippen molar-refractivity contribution in [3.63, 3.8) is 0 Å². The van der Waals surface area contributed by atoms with Crippen LogP contribution in [0.5, 0.6) is 5.75 Å². The van der Waals surface area contributed by atoms with E-state index in [-0.39, 0.29) is 17.9 Å². The molecule has 1 N–H and O–H groups in total. The first-order chi connectivity index (χ1) is 9.61. The molecular formula is C13H14ClN3O3. The predicted molar refractivity (Wildman–Crippen MR) is 73.1 cm³/mol. The molecule has 2 rings (SSSR count). The molecular weight excluding hydrogens is 282 g/mol. The van der Waals surface area contributed by atoms with E-state index in [4.69, 9.17) is 21.4 Å². The molecule has 6 nitrogen and oxygen atoms in total. The zero-order chi connectivity index (χ0) is 14.5. The lowest BCUT2D eigenvalue weighted by molar-refractivity contribution is 0.0691. The fourth-order valence-electron chi connectivity index (χ4n) is 1.74. The number of aryl methyl sites for hydroxylation is 1. The van der Waals surface area contributed by atoms with E-state index in [1.807, 2.05) is 6.92 Å². The fraction of sp³-hybridized carbons (Fsp3) is 0.308. The van der Waals surface area contributed by atoms with Crippen molar-refractivity contribution >= 4 is 17.6 Å². The molecule has 1 aromatic carbocycles. The molecule has 0 radical (unpaired) electrons.